The Bertz CT molecular complexity index is 499. The first-order valence-corrected chi connectivity index (χ1v) is 5.62. The largest absolute Gasteiger partial charge is 0.489 e. The van der Waals surface area contributed by atoms with Crippen LogP contribution in [0.25, 0.3) is 0 Å². The van der Waals surface area contributed by atoms with E-state index in [4.69, 9.17) is 4.74 Å². The molecule has 0 amide bonds. The van der Waals surface area contributed by atoms with Crippen molar-refractivity contribution in [1.82, 2.24) is 0 Å². The molecule has 0 atom stereocenters. The van der Waals surface area contributed by atoms with Crippen molar-refractivity contribution in [2.24, 2.45) is 0 Å². The Morgan fingerprint density at radius 3 is 2.39 bits per heavy atom. The first kappa shape index (κ1) is 12.4. The molecule has 2 nitrogen and oxygen atoms in total. The summed E-state index contributed by atoms with van der Waals surface area (Å²) in [6.45, 7) is 0.846. The molecule has 0 heterocycles. The number of benzene rings is 2. The third-order valence-corrected chi connectivity index (χ3v) is 2.37. The van der Waals surface area contributed by atoms with Crippen LogP contribution in [0.3, 0.4) is 0 Å². The molecule has 0 aliphatic carbocycles. The predicted molar refractivity (Wildman–Crippen MR) is 66.8 cm³/mol. The van der Waals surface area contributed by atoms with Crippen molar-refractivity contribution < 1.29 is 13.5 Å². The number of anilines is 1. The van der Waals surface area contributed by atoms with Crippen LogP contribution in [0.4, 0.5) is 14.5 Å². The van der Waals surface area contributed by atoms with Gasteiger partial charge in [0, 0.05) is 12.2 Å². The van der Waals surface area contributed by atoms with Gasteiger partial charge >= 0.3 is 0 Å². The number of hydrogen-bond donors (Lipinski definition) is 1. The molecular formula is C14H13F2NO. The molecule has 2 rings (SSSR count). The van der Waals surface area contributed by atoms with Crippen LogP contribution in [0.5, 0.6) is 5.75 Å². The van der Waals surface area contributed by atoms with Crippen LogP contribution in [-0.2, 0) is 0 Å². The molecule has 2 aromatic rings. The minimum Gasteiger partial charge on any atom is -0.489 e. The number of halogens is 2. The van der Waals surface area contributed by atoms with E-state index in [1.165, 1.54) is 18.2 Å². The van der Waals surface area contributed by atoms with Crippen molar-refractivity contribution in [3.8, 4) is 5.75 Å². The van der Waals surface area contributed by atoms with E-state index in [0.29, 0.717) is 13.2 Å². The molecule has 0 saturated heterocycles. The molecule has 4 heteroatoms. The van der Waals surface area contributed by atoms with Crippen LogP contribution in [-0.4, -0.2) is 13.2 Å². The molecule has 1 N–H and O–H groups in total. The quantitative estimate of drug-likeness (QED) is 0.819. The fourth-order valence-electron chi connectivity index (χ4n) is 1.49. The second kappa shape index (κ2) is 6.00. The lowest BCUT2D eigenvalue weighted by atomic mass is 10.3. The standard InChI is InChI=1S/C14H13F2NO/c15-11-5-7-12(8-6-11)17-9-10-18-14-4-2-1-3-13(14)16/h1-8,17H,9-10H2. The van der Waals surface area contributed by atoms with Crippen LogP contribution < -0.4 is 10.1 Å². The molecule has 2 aromatic carbocycles. The van der Waals surface area contributed by atoms with E-state index in [0.717, 1.165) is 5.69 Å². The van der Waals surface area contributed by atoms with Crippen LogP contribution in [0.1, 0.15) is 0 Å². The maximum absolute atomic E-state index is 13.2. The van der Waals surface area contributed by atoms with Crippen molar-refractivity contribution in [2.45, 2.75) is 0 Å². The van der Waals surface area contributed by atoms with E-state index >= 15 is 0 Å². The minimum atomic E-state index is -0.376. The van der Waals surface area contributed by atoms with Gasteiger partial charge in [-0.2, -0.15) is 0 Å². The van der Waals surface area contributed by atoms with Crippen molar-refractivity contribution in [1.29, 1.82) is 0 Å². The molecule has 0 spiro atoms. The number of hydrogen-bond acceptors (Lipinski definition) is 2. The van der Waals surface area contributed by atoms with Gasteiger partial charge in [-0.05, 0) is 36.4 Å². The summed E-state index contributed by atoms with van der Waals surface area (Å²) in [4.78, 5) is 0. The summed E-state index contributed by atoms with van der Waals surface area (Å²) in [6, 6.07) is 12.3. The highest BCUT2D eigenvalue weighted by atomic mass is 19.1. The van der Waals surface area contributed by atoms with Crippen molar-refractivity contribution >= 4 is 5.69 Å². The highest BCUT2D eigenvalue weighted by Gasteiger charge is 2.00. The smallest absolute Gasteiger partial charge is 0.165 e. The van der Waals surface area contributed by atoms with Crippen molar-refractivity contribution in [3.05, 3.63) is 60.2 Å². The summed E-state index contributed by atoms with van der Waals surface area (Å²) < 4.78 is 31.1. The zero-order chi connectivity index (χ0) is 12.8. The van der Waals surface area contributed by atoms with Gasteiger partial charge in [0.05, 0.1) is 0 Å². The van der Waals surface area contributed by atoms with Gasteiger partial charge in [0.15, 0.2) is 11.6 Å². The van der Waals surface area contributed by atoms with Gasteiger partial charge in [0.25, 0.3) is 0 Å². The van der Waals surface area contributed by atoms with E-state index in [-0.39, 0.29) is 17.4 Å². The van der Waals surface area contributed by atoms with Crippen LogP contribution in [0.2, 0.25) is 0 Å². The Kier molecular flexibility index (Phi) is 4.12. The van der Waals surface area contributed by atoms with E-state index in [9.17, 15) is 8.78 Å². The average Bonchev–Trinajstić information content (AvgIpc) is 2.39. The van der Waals surface area contributed by atoms with Crippen molar-refractivity contribution in [2.75, 3.05) is 18.5 Å². The fraction of sp³-hybridized carbons (Fsp3) is 0.143. The Hall–Kier alpha value is -2.10. The van der Waals surface area contributed by atoms with E-state index in [2.05, 4.69) is 5.32 Å². The van der Waals surface area contributed by atoms with Gasteiger partial charge in [-0.1, -0.05) is 12.1 Å². The Balaban J connectivity index is 1.76. The zero-order valence-corrected chi connectivity index (χ0v) is 9.70. The Morgan fingerprint density at radius 1 is 0.944 bits per heavy atom. The molecule has 0 aliphatic rings. The SMILES string of the molecule is Fc1ccc(NCCOc2ccccc2F)cc1. The first-order chi connectivity index (χ1) is 8.75. The topological polar surface area (TPSA) is 21.3 Å². The lowest BCUT2D eigenvalue weighted by Gasteiger charge is -2.09. The number of ether oxygens (including phenoxy) is 1. The summed E-state index contributed by atoms with van der Waals surface area (Å²) >= 11 is 0. The molecule has 0 bridgehead atoms. The second-order valence-electron chi connectivity index (χ2n) is 3.71. The second-order valence-corrected chi connectivity index (χ2v) is 3.71. The lowest BCUT2D eigenvalue weighted by molar-refractivity contribution is 0.315. The number of nitrogens with one attached hydrogen (secondary N) is 1. The Labute approximate surface area is 104 Å². The molecular weight excluding hydrogens is 236 g/mol. The molecule has 0 fully saturated rings. The summed E-state index contributed by atoms with van der Waals surface area (Å²) in [5.74, 6) is -0.416. The third kappa shape index (κ3) is 3.45. The normalized spacial score (nSPS) is 10.1. The van der Waals surface area contributed by atoms with Crippen LogP contribution in [0, 0.1) is 11.6 Å². The van der Waals surface area contributed by atoms with Gasteiger partial charge in [-0.3, -0.25) is 0 Å². The highest BCUT2D eigenvalue weighted by molar-refractivity contribution is 5.42. The third-order valence-electron chi connectivity index (χ3n) is 2.37. The molecule has 0 saturated carbocycles. The fourth-order valence-corrected chi connectivity index (χ4v) is 1.49. The molecule has 94 valence electrons. The van der Waals surface area contributed by atoms with Gasteiger partial charge in [0.1, 0.15) is 12.4 Å². The van der Waals surface area contributed by atoms with Gasteiger partial charge < -0.3 is 10.1 Å². The molecule has 0 radical (unpaired) electrons. The van der Waals surface area contributed by atoms with E-state index in [1.54, 1.807) is 30.3 Å². The Morgan fingerprint density at radius 2 is 1.67 bits per heavy atom. The minimum absolute atomic E-state index is 0.235. The zero-order valence-electron chi connectivity index (χ0n) is 9.70. The highest BCUT2D eigenvalue weighted by Crippen LogP contribution is 2.15. The van der Waals surface area contributed by atoms with Gasteiger partial charge in [-0.25, -0.2) is 8.78 Å². The lowest BCUT2D eigenvalue weighted by Crippen LogP contribution is -2.11. The van der Waals surface area contributed by atoms with E-state index in [1.807, 2.05) is 0 Å². The van der Waals surface area contributed by atoms with Crippen LogP contribution in [0.15, 0.2) is 48.5 Å². The molecule has 0 aromatic heterocycles. The molecule has 18 heavy (non-hydrogen) atoms. The monoisotopic (exact) mass is 249 g/mol. The van der Waals surface area contributed by atoms with Crippen molar-refractivity contribution in [3.63, 3.8) is 0 Å². The predicted octanol–water partition coefficient (Wildman–Crippen LogP) is 3.46. The number of rotatable bonds is 5. The average molecular weight is 249 g/mol. The van der Waals surface area contributed by atoms with E-state index < -0.39 is 0 Å². The summed E-state index contributed by atoms with van der Waals surface area (Å²) in [7, 11) is 0. The maximum Gasteiger partial charge on any atom is 0.165 e. The van der Waals surface area contributed by atoms with Crippen LogP contribution >= 0.6 is 0 Å². The molecule has 0 aliphatic heterocycles. The van der Waals surface area contributed by atoms with Gasteiger partial charge in [0.2, 0.25) is 0 Å². The number of para-hydroxylation sites is 1. The summed E-state index contributed by atoms with van der Waals surface area (Å²) in [6.07, 6.45) is 0. The van der Waals surface area contributed by atoms with Gasteiger partial charge in [-0.15, -0.1) is 0 Å². The maximum atomic E-state index is 13.2. The summed E-state index contributed by atoms with van der Waals surface area (Å²) in [5, 5.41) is 3.05. The summed E-state index contributed by atoms with van der Waals surface area (Å²) in [5.41, 5.74) is 0.800. The first-order valence-electron chi connectivity index (χ1n) is 5.62. The molecule has 0 unspecified atom stereocenters.